The number of carboxylic acid groups (broad SMARTS) is 1. The first-order valence-electron chi connectivity index (χ1n) is 15.4. The molecule has 2 heterocycles. The van der Waals surface area contributed by atoms with Gasteiger partial charge in [-0.05, 0) is 0 Å². The van der Waals surface area contributed by atoms with Crippen molar-refractivity contribution in [2.45, 2.75) is 104 Å². The maximum Gasteiger partial charge on any atom is 2.00 e. The van der Waals surface area contributed by atoms with E-state index in [0.717, 1.165) is 0 Å². The van der Waals surface area contributed by atoms with Crippen molar-refractivity contribution in [3.63, 3.8) is 0 Å². The maximum absolute atomic E-state index is 12.4. The molecular formula is C26H45CaN3O26. The van der Waals surface area contributed by atoms with Crippen LogP contribution in [-0.4, -0.2) is 257 Å². The number of nitrogens with zero attached hydrogens (tertiary/aromatic N) is 1. The standard InChI is InChI=1S/C22H35NO23.C4H8N2O3.Ca.2H/c24-2-6(27)11(29)14(32)16(34)20(38)43-19(37)7(46-23(39)40)1-10(28)41-4-9-12(30)15(33)17(35)21(42-9)45-22(5-26)18(36)13(31)8(3-25)44-22;5-2(4(8)9)1-3(6)7;;;/h6-9,11-18,21,24-27,29-36H,1-5H2;2H,1,5H2,(H2,6,7)(H,8,9);;;/q;;+2;2*-1/t6-,7?,8-,9-,11-,12-,13-,14+,15+,16-,17-,18+,21-,22+;2-;;;/m10.../s1. The van der Waals surface area contributed by atoms with Crippen molar-refractivity contribution in [1.82, 2.24) is 0 Å². The monoisotopic (exact) mass is 855 g/mol. The first-order valence-corrected chi connectivity index (χ1v) is 15.4. The molecular weight excluding hydrogens is 810 g/mol. The minimum Gasteiger partial charge on any atom is -1.00 e. The summed E-state index contributed by atoms with van der Waals surface area (Å²) in [5.74, 6) is -10.00. The van der Waals surface area contributed by atoms with Gasteiger partial charge in [-0.15, -0.1) is 10.1 Å². The molecule has 0 aromatic carbocycles. The molecule has 1 unspecified atom stereocenters. The van der Waals surface area contributed by atoms with Gasteiger partial charge in [0.05, 0.1) is 26.1 Å². The molecule has 0 saturated carbocycles. The molecule has 1 amide bonds. The molecule has 322 valence electrons. The van der Waals surface area contributed by atoms with Gasteiger partial charge in [-0.1, -0.05) is 0 Å². The number of hydrogen-bond acceptors (Lipinski definition) is 26. The van der Waals surface area contributed by atoms with Crippen LogP contribution in [0.4, 0.5) is 0 Å². The smallest absolute Gasteiger partial charge is 1.00 e. The average molecular weight is 856 g/mol. The fourth-order valence-corrected chi connectivity index (χ4v) is 4.46. The zero-order valence-corrected chi connectivity index (χ0v) is 31.0. The molecule has 2 rings (SSSR count). The molecule has 30 heteroatoms. The first-order chi connectivity index (χ1) is 25.5. The summed E-state index contributed by atoms with van der Waals surface area (Å²) in [5.41, 5.74) is 9.57. The molecule has 2 aliphatic rings. The third-order valence-corrected chi connectivity index (χ3v) is 7.56. The molecule has 2 fully saturated rings. The van der Waals surface area contributed by atoms with Crippen molar-refractivity contribution in [1.29, 1.82) is 0 Å². The summed E-state index contributed by atoms with van der Waals surface area (Å²) in [4.78, 5) is 71.3. The summed E-state index contributed by atoms with van der Waals surface area (Å²) in [6.45, 7) is -4.20. The Morgan fingerprint density at radius 3 is 1.91 bits per heavy atom. The first kappa shape index (κ1) is 53.4. The molecule has 0 aromatic heterocycles. The number of carbonyl (C=O) groups excluding carboxylic acids is 4. The molecule has 29 nitrogen and oxygen atoms in total. The predicted octanol–water partition coefficient (Wildman–Crippen LogP) is -11.3. The molecule has 0 spiro atoms. The SMILES string of the molecule is NC(=O)C[C@H](N)C(=O)O.O=C(CC(O[N+](=O)[O-])C(=O)OC(=O)[C@H](O)[C@@H](O)[C@H](O)[C@H](O)CO)OC[C@H]1O[C@H](O[C@]2(CO)O[C@H](CO)[C@@H](O)[C@@H]2O)[C@H](O)[C@@H](O)[C@@H]1O.[Ca+2].[H-].[H-]. The van der Waals surface area contributed by atoms with Gasteiger partial charge >= 0.3 is 61.6 Å². The molecule has 0 aliphatic carbocycles. The van der Waals surface area contributed by atoms with Gasteiger partial charge in [-0.25, -0.2) is 9.59 Å². The molecule has 0 radical (unpaired) electrons. The Bertz CT molecular complexity index is 1330. The second-order valence-corrected chi connectivity index (χ2v) is 11.6. The number of primary amides is 1. The van der Waals surface area contributed by atoms with Gasteiger partial charge < -0.3 is 104 Å². The molecule has 2 saturated heterocycles. The summed E-state index contributed by atoms with van der Waals surface area (Å²) in [5, 5.41) is 135. The van der Waals surface area contributed by atoms with Gasteiger partial charge in [0, 0.05) is 0 Å². The molecule has 0 bridgehead atoms. The topological polar surface area (TPSA) is 499 Å². The molecule has 17 N–H and O–H groups in total. The van der Waals surface area contributed by atoms with Crippen molar-refractivity contribution in [2.24, 2.45) is 11.5 Å². The number of aliphatic hydroxyl groups excluding tert-OH is 12. The summed E-state index contributed by atoms with van der Waals surface area (Å²) < 4.78 is 24.6. The number of ether oxygens (including phenoxy) is 5. The summed E-state index contributed by atoms with van der Waals surface area (Å²) >= 11 is 0. The van der Waals surface area contributed by atoms with Gasteiger partial charge in [0.1, 0.15) is 80.3 Å². The second-order valence-electron chi connectivity index (χ2n) is 11.6. The van der Waals surface area contributed by atoms with Crippen LogP contribution in [0, 0.1) is 10.1 Å². The Morgan fingerprint density at radius 1 is 0.875 bits per heavy atom. The van der Waals surface area contributed by atoms with Crippen LogP contribution in [0.15, 0.2) is 0 Å². The molecule has 2 aliphatic heterocycles. The van der Waals surface area contributed by atoms with Crippen LogP contribution >= 0.6 is 0 Å². The zero-order chi connectivity index (χ0) is 42.5. The fraction of sp³-hybridized carbons (Fsp3) is 0.808. The number of aliphatic hydroxyl groups is 12. The van der Waals surface area contributed by atoms with E-state index in [2.05, 4.69) is 15.3 Å². The Hall–Kier alpha value is -2.63. The van der Waals surface area contributed by atoms with E-state index in [1.165, 1.54) is 0 Å². The van der Waals surface area contributed by atoms with Crippen LogP contribution in [0.1, 0.15) is 15.7 Å². The van der Waals surface area contributed by atoms with Crippen LogP contribution in [0.3, 0.4) is 0 Å². The number of aliphatic carboxylic acids is 1. The Kier molecular flexibility index (Phi) is 23.2. The third kappa shape index (κ3) is 14.9. The number of esters is 3. The van der Waals surface area contributed by atoms with Crippen molar-refractivity contribution in [3.05, 3.63) is 10.1 Å². The molecule has 0 aromatic rings. The third-order valence-electron chi connectivity index (χ3n) is 7.56. The number of amides is 1. The van der Waals surface area contributed by atoms with E-state index in [1.54, 1.807) is 0 Å². The van der Waals surface area contributed by atoms with Crippen LogP contribution in [-0.2, 0) is 52.5 Å². The molecule has 56 heavy (non-hydrogen) atoms. The quantitative estimate of drug-likeness (QED) is 0.0188. The van der Waals surface area contributed by atoms with Gasteiger partial charge in [-0.3, -0.25) is 19.2 Å². The van der Waals surface area contributed by atoms with Crippen LogP contribution in [0.5, 0.6) is 0 Å². The van der Waals surface area contributed by atoms with Crippen LogP contribution in [0.25, 0.3) is 0 Å². The number of rotatable bonds is 19. The zero-order valence-electron chi connectivity index (χ0n) is 30.8. The predicted molar refractivity (Wildman–Crippen MR) is 169 cm³/mol. The van der Waals surface area contributed by atoms with Crippen LogP contribution in [0.2, 0.25) is 0 Å². The number of carboxylic acids is 1. The fourth-order valence-electron chi connectivity index (χ4n) is 4.46. The minimum absolute atomic E-state index is 0. The van der Waals surface area contributed by atoms with E-state index in [9.17, 15) is 90.3 Å². The van der Waals surface area contributed by atoms with Crippen LogP contribution < -0.4 is 11.5 Å². The van der Waals surface area contributed by atoms with E-state index >= 15 is 0 Å². The van der Waals surface area contributed by atoms with E-state index < -0.39 is 159 Å². The minimum atomic E-state index is -2.75. The Balaban J connectivity index is -0.00000224. The van der Waals surface area contributed by atoms with Gasteiger partial charge in [0.25, 0.3) is 5.09 Å². The van der Waals surface area contributed by atoms with Gasteiger partial charge in [-0.2, -0.15) is 0 Å². The van der Waals surface area contributed by atoms with E-state index in [1.807, 2.05) is 0 Å². The Morgan fingerprint density at radius 2 is 1.46 bits per heavy atom. The summed E-state index contributed by atoms with van der Waals surface area (Å²) in [6, 6.07) is -1.16. The van der Waals surface area contributed by atoms with Gasteiger partial charge in [0.15, 0.2) is 12.4 Å². The normalized spacial score (nSPS) is 30.4. The largest absolute Gasteiger partial charge is 2.00 e. The van der Waals surface area contributed by atoms with Gasteiger partial charge in [0.2, 0.25) is 17.8 Å². The number of carbonyl (C=O) groups is 5. The number of hydrogen-bond donors (Lipinski definition) is 15. The summed E-state index contributed by atoms with van der Waals surface area (Å²) in [6.07, 6.45) is -29.3. The summed E-state index contributed by atoms with van der Waals surface area (Å²) in [7, 11) is 0. The molecule has 15 atom stereocenters. The Labute approximate surface area is 345 Å². The van der Waals surface area contributed by atoms with E-state index in [4.69, 9.17) is 34.9 Å². The van der Waals surface area contributed by atoms with E-state index in [-0.39, 0.29) is 47.0 Å². The maximum atomic E-state index is 12.4. The van der Waals surface area contributed by atoms with Crippen molar-refractivity contribution in [3.8, 4) is 0 Å². The van der Waals surface area contributed by atoms with Crippen molar-refractivity contribution in [2.75, 3.05) is 26.4 Å². The van der Waals surface area contributed by atoms with Crippen molar-refractivity contribution >= 4 is 67.5 Å². The van der Waals surface area contributed by atoms with Crippen molar-refractivity contribution < 1.29 is 127 Å². The second kappa shape index (κ2) is 24.3. The number of nitrogens with two attached hydrogens (primary N) is 2. The average Bonchev–Trinajstić information content (AvgIpc) is 3.37. The van der Waals surface area contributed by atoms with E-state index in [0.29, 0.717) is 0 Å².